The minimum absolute atomic E-state index is 0.142. The number of halogens is 1. The molecule has 5 N–H and O–H groups in total. The lowest BCUT2D eigenvalue weighted by Gasteiger charge is -2.15. The number of imidazole rings is 2. The third-order valence-electron chi connectivity index (χ3n) is 11.2. The number of allylic oxidation sites excluding steroid dienone is 2. The van der Waals surface area contributed by atoms with Crippen molar-refractivity contribution >= 4 is 57.6 Å². The Morgan fingerprint density at radius 1 is 0.766 bits per heavy atom. The monoisotopic (exact) mass is 877 g/mol. The van der Waals surface area contributed by atoms with E-state index in [2.05, 4.69) is 31.0 Å². The third kappa shape index (κ3) is 9.17. The van der Waals surface area contributed by atoms with Crippen molar-refractivity contribution < 1.29 is 33.0 Å². The summed E-state index contributed by atoms with van der Waals surface area (Å²) in [6, 6.07) is 9.83. The van der Waals surface area contributed by atoms with Crippen molar-refractivity contribution in [1.29, 1.82) is 0 Å². The number of primary amides is 1. The van der Waals surface area contributed by atoms with E-state index in [9.17, 15) is 23.6 Å². The average Bonchev–Trinajstić information content (AvgIpc) is 4.10. The van der Waals surface area contributed by atoms with Crippen molar-refractivity contribution in [2.45, 2.75) is 79.3 Å². The van der Waals surface area contributed by atoms with Gasteiger partial charge in [0.05, 0.1) is 35.6 Å². The molecule has 19 nitrogen and oxygen atoms in total. The molecule has 0 saturated carbocycles. The first-order chi connectivity index (χ1) is 30.9. The van der Waals surface area contributed by atoms with E-state index in [-0.39, 0.29) is 49.7 Å². The lowest BCUT2D eigenvalue weighted by atomic mass is 10.1. The summed E-state index contributed by atoms with van der Waals surface area (Å²) in [5.41, 5.74) is 10.2. The molecule has 64 heavy (non-hydrogen) atoms. The number of anilines is 2. The molecule has 1 saturated heterocycles. The van der Waals surface area contributed by atoms with E-state index in [1.165, 1.54) is 0 Å². The second kappa shape index (κ2) is 18.7. The van der Waals surface area contributed by atoms with Crippen LogP contribution in [-0.2, 0) is 26.2 Å². The Bertz CT molecular complexity index is 2780. The molecular formula is C44H52FN13O6. The number of hydrogen-bond donors (Lipinski definition) is 4. The van der Waals surface area contributed by atoms with Gasteiger partial charge in [-0.05, 0) is 83.5 Å². The van der Waals surface area contributed by atoms with Gasteiger partial charge in [-0.25, -0.2) is 14.4 Å². The van der Waals surface area contributed by atoms with E-state index in [0.717, 1.165) is 0 Å². The van der Waals surface area contributed by atoms with Crippen molar-refractivity contribution in [3.8, 4) is 11.5 Å². The van der Waals surface area contributed by atoms with Crippen molar-refractivity contribution in [2.75, 3.05) is 50.0 Å². The maximum Gasteiger partial charge on any atom is 0.276 e. The molecule has 1 atom stereocenters. The Balaban J connectivity index is 1.16. The molecule has 2 aliphatic rings. The molecule has 20 heteroatoms. The number of hydrogen-bond acceptors (Lipinski definition) is 11. The van der Waals surface area contributed by atoms with Crippen LogP contribution >= 0.6 is 0 Å². The Morgan fingerprint density at radius 2 is 1.30 bits per heavy atom. The van der Waals surface area contributed by atoms with Crippen LogP contribution in [0.4, 0.5) is 16.3 Å². The second-order valence-corrected chi connectivity index (χ2v) is 15.8. The van der Waals surface area contributed by atoms with Crippen molar-refractivity contribution in [2.24, 2.45) is 5.73 Å². The van der Waals surface area contributed by atoms with Crippen LogP contribution in [0.3, 0.4) is 0 Å². The SMILES string of the molecule is CCn1nc(C)cc1C(=O)Nc1nc2cc(C(N)=O)cc3c2n1C/C=C/Cn1c(NC(=O)c2cc(C)nn2CC)nc2cc(C(=O)NCCCN4CCC(F)C4)cc(c21)OCCCO3. The molecule has 4 aromatic heterocycles. The molecule has 0 spiro atoms. The normalized spacial score (nSPS) is 16.2. The summed E-state index contributed by atoms with van der Waals surface area (Å²) in [6.07, 6.45) is 4.48. The number of amides is 4. The van der Waals surface area contributed by atoms with E-state index in [1.54, 1.807) is 54.9 Å². The Labute approximate surface area is 367 Å². The summed E-state index contributed by atoms with van der Waals surface area (Å²) in [5, 5.41) is 17.8. The number of ether oxygens (including phenoxy) is 2. The highest BCUT2D eigenvalue weighted by molar-refractivity contribution is 6.05. The van der Waals surface area contributed by atoms with Crippen LogP contribution < -0.4 is 31.2 Å². The Morgan fingerprint density at radius 3 is 1.80 bits per heavy atom. The number of carbonyl (C=O) groups is 4. The average molecular weight is 878 g/mol. The fourth-order valence-corrected chi connectivity index (χ4v) is 8.15. The highest BCUT2D eigenvalue weighted by Gasteiger charge is 2.25. The van der Waals surface area contributed by atoms with E-state index >= 15 is 0 Å². The lowest BCUT2D eigenvalue weighted by molar-refractivity contribution is 0.0949. The number of nitrogens with one attached hydrogen (secondary N) is 3. The van der Waals surface area contributed by atoms with E-state index in [4.69, 9.17) is 25.2 Å². The van der Waals surface area contributed by atoms with E-state index in [0.29, 0.717) is 120 Å². The molecule has 0 bridgehead atoms. The van der Waals surface area contributed by atoms with Gasteiger partial charge in [-0.15, -0.1) is 0 Å². The molecule has 0 radical (unpaired) electrons. The quantitative estimate of drug-likeness (QED) is 0.0981. The van der Waals surface area contributed by atoms with Crippen LogP contribution in [-0.4, -0.2) is 113 Å². The predicted molar refractivity (Wildman–Crippen MR) is 237 cm³/mol. The first kappa shape index (κ1) is 43.6. The van der Waals surface area contributed by atoms with Crippen LogP contribution in [0.1, 0.15) is 86.2 Å². The van der Waals surface area contributed by atoms with Gasteiger partial charge in [-0.3, -0.25) is 39.2 Å². The summed E-state index contributed by atoms with van der Waals surface area (Å²) in [6.45, 7) is 11.2. The van der Waals surface area contributed by atoms with Gasteiger partial charge >= 0.3 is 0 Å². The van der Waals surface area contributed by atoms with Gasteiger partial charge in [-0.2, -0.15) is 10.2 Å². The van der Waals surface area contributed by atoms with Gasteiger partial charge in [0.25, 0.3) is 17.7 Å². The summed E-state index contributed by atoms with van der Waals surface area (Å²) in [5.74, 6) is -0.753. The number of benzene rings is 2. The molecule has 6 heterocycles. The van der Waals surface area contributed by atoms with Gasteiger partial charge in [0.1, 0.15) is 40.1 Å². The lowest BCUT2D eigenvalue weighted by Crippen LogP contribution is -2.29. The van der Waals surface area contributed by atoms with E-state index in [1.807, 2.05) is 39.8 Å². The Kier molecular flexibility index (Phi) is 12.7. The molecule has 336 valence electrons. The van der Waals surface area contributed by atoms with Crippen molar-refractivity contribution in [3.63, 3.8) is 0 Å². The molecule has 4 amide bonds. The Hall–Kier alpha value is -7.09. The van der Waals surface area contributed by atoms with Crippen LogP contribution in [0, 0.1) is 13.8 Å². The molecule has 0 aliphatic carbocycles. The summed E-state index contributed by atoms with van der Waals surface area (Å²) in [4.78, 5) is 65.4. The zero-order chi connectivity index (χ0) is 45.1. The largest absolute Gasteiger partial charge is 0.491 e. The van der Waals surface area contributed by atoms with Gasteiger partial charge in [0.2, 0.25) is 17.8 Å². The third-order valence-corrected chi connectivity index (χ3v) is 11.2. The van der Waals surface area contributed by atoms with Crippen LogP contribution in [0.25, 0.3) is 22.1 Å². The summed E-state index contributed by atoms with van der Waals surface area (Å²) >= 11 is 0. The molecule has 8 rings (SSSR count). The first-order valence-corrected chi connectivity index (χ1v) is 21.6. The smallest absolute Gasteiger partial charge is 0.276 e. The van der Waals surface area contributed by atoms with Crippen molar-refractivity contribution in [1.82, 2.24) is 48.9 Å². The predicted octanol–water partition coefficient (Wildman–Crippen LogP) is 4.62. The molecule has 1 unspecified atom stereocenters. The zero-order valence-corrected chi connectivity index (χ0v) is 36.3. The molecule has 2 aliphatic heterocycles. The number of alkyl halides is 1. The fraction of sp³-hybridized carbons (Fsp3) is 0.409. The molecule has 2 aromatic carbocycles. The van der Waals surface area contributed by atoms with Crippen LogP contribution in [0.2, 0.25) is 0 Å². The highest BCUT2D eigenvalue weighted by Crippen LogP contribution is 2.34. The van der Waals surface area contributed by atoms with Gasteiger partial charge in [0, 0.05) is 63.4 Å². The minimum Gasteiger partial charge on any atom is -0.491 e. The standard InChI is InChI=1S/C44H52FN13O6/c1-5-57-33(19-26(3)52-57)41(61)50-43-48-31-21-28(39(46)59)23-35-37(31)55(43)14-7-8-15-56-38-32(49-44(56)51-42(62)34-20-27(4)53-58(34)6-2)22-29(24-36(38)64-18-10-17-63-35)40(60)47-12-9-13-54-16-11-30(45)25-54/h7-8,19-24,30H,5-6,9-18,25H2,1-4H3,(H2,46,59)(H,47,60)(H,48,50,61)(H,49,51,62)/b8-7+. The number of aryl methyl sites for hydroxylation is 4. The number of likely N-dealkylation sites (tertiary alicyclic amines) is 1. The number of rotatable bonds is 12. The number of carbonyl (C=O) groups excluding carboxylic acids is 4. The topological polar surface area (TPSA) is 223 Å². The maximum atomic E-state index is 13.9. The van der Waals surface area contributed by atoms with Crippen LogP contribution in [0.15, 0.2) is 48.6 Å². The van der Waals surface area contributed by atoms with Crippen LogP contribution in [0.5, 0.6) is 11.5 Å². The zero-order valence-electron chi connectivity index (χ0n) is 36.3. The fourth-order valence-electron chi connectivity index (χ4n) is 8.15. The first-order valence-electron chi connectivity index (χ1n) is 21.6. The van der Waals surface area contributed by atoms with Gasteiger partial charge in [0.15, 0.2) is 0 Å². The summed E-state index contributed by atoms with van der Waals surface area (Å²) in [7, 11) is 0. The minimum atomic E-state index is -0.811. The number of nitrogens with two attached hydrogens (primary N) is 1. The number of nitrogens with zero attached hydrogens (tertiary/aromatic N) is 9. The van der Waals surface area contributed by atoms with Gasteiger partial charge < -0.3 is 34.6 Å². The molecular weight excluding hydrogens is 826 g/mol. The number of aromatic nitrogens is 8. The van der Waals surface area contributed by atoms with Crippen molar-refractivity contribution in [3.05, 3.63) is 82.5 Å². The second-order valence-electron chi connectivity index (χ2n) is 15.8. The summed E-state index contributed by atoms with van der Waals surface area (Å²) < 4.78 is 33.3. The maximum absolute atomic E-state index is 13.9. The van der Waals surface area contributed by atoms with E-state index < -0.39 is 23.9 Å². The van der Waals surface area contributed by atoms with Gasteiger partial charge in [-0.1, -0.05) is 12.2 Å². The molecule has 6 aromatic rings. The molecule has 1 fully saturated rings. The highest BCUT2D eigenvalue weighted by atomic mass is 19.1.